The lowest BCUT2D eigenvalue weighted by molar-refractivity contribution is 0.0371. The van der Waals surface area contributed by atoms with Gasteiger partial charge in [-0.3, -0.25) is 9.69 Å². The Morgan fingerprint density at radius 3 is 2.12 bits per heavy atom. The molecular formula is C30H36N6O4. The molecule has 10 heteroatoms. The van der Waals surface area contributed by atoms with E-state index >= 15 is 0 Å². The topological polar surface area (TPSA) is 109 Å². The molecule has 0 bridgehead atoms. The Labute approximate surface area is 234 Å². The van der Waals surface area contributed by atoms with Crippen LogP contribution in [0.2, 0.25) is 0 Å². The van der Waals surface area contributed by atoms with Crippen molar-refractivity contribution in [3.05, 3.63) is 65.9 Å². The van der Waals surface area contributed by atoms with E-state index in [0.717, 1.165) is 56.2 Å². The summed E-state index contributed by atoms with van der Waals surface area (Å²) in [4.78, 5) is 40.0. The molecule has 2 amide bonds. The third kappa shape index (κ3) is 7.20. The van der Waals surface area contributed by atoms with Gasteiger partial charge in [0.15, 0.2) is 11.6 Å². The van der Waals surface area contributed by atoms with Crippen LogP contribution in [0.25, 0.3) is 11.4 Å². The van der Waals surface area contributed by atoms with Crippen molar-refractivity contribution < 1.29 is 19.1 Å². The maximum absolute atomic E-state index is 13.4. The van der Waals surface area contributed by atoms with Gasteiger partial charge in [-0.25, -0.2) is 14.8 Å². The lowest BCUT2D eigenvalue weighted by Crippen LogP contribution is -2.37. The number of morpholine rings is 2. The minimum Gasteiger partial charge on any atom is -0.379 e. The Balaban J connectivity index is 1.32. The van der Waals surface area contributed by atoms with Crippen LogP contribution < -0.4 is 15.5 Å². The lowest BCUT2D eigenvalue weighted by atomic mass is 10.1. The molecule has 10 nitrogen and oxygen atoms in total. The van der Waals surface area contributed by atoms with Gasteiger partial charge in [-0.15, -0.1) is 0 Å². The summed E-state index contributed by atoms with van der Waals surface area (Å²) in [5.74, 6) is 1.29. The van der Waals surface area contributed by atoms with Crippen LogP contribution in [0.3, 0.4) is 0 Å². The number of Topliss-reactive ketones (excluding diaryl/α,β-unsaturated/α-hetero) is 1. The average Bonchev–Trinajstić information content (AvgIpc) is 2.99. The number of carbonyl (C=O) groups excluding carboxylic acids is 2. The minimum absolute atomic E-state index is 0.0276. The Hall–Kier alpha value is -3.86. The number of urea groups is 1. The number of benzene rings is 2. The number of ketones is 1. The van der Waals surface area contributed by atoms with E-state index in [9.17, 15) is 9.59 Å². The van der Waals surface area contributed by atoms with Gasteiger partial charge in [0.05, 0.1) is 26.4 Å². The zero-order valence-electron chi connectivity index (χ0n) is 22.9. The van der Waals surface area contributed by atoms with Gasteiger partial charge in [0.2, 0.25) is 0 Å². The van der Waals surface area contributed by atoms with Crippen molar-refractivity contribution in [2.45, 2.75) is 19.8 Å². The van der Waals surface area contributed by atoms with Crippen molar-refractivity contribution >= 4 is 29.0 Å². The molecular weight excluding hydrogens is 508 g/mol. The van der Waals surface area contributed by atoms with E-state index < -0.39 is 0 Å². The predicted molar refractivity (Wildman–Crippen MR) is 155 cm³/mol. The number of amides is 2. The van der Waals surface area contributed by atoms with Crippen LogP contribution in [0.5, 0.6) is 0 Å². The highest BCUT2D eigenvalue weighted by Crippen LogP contribution is 2.27. The van der Waals surface area contributed by atoms with Crippen LogP contribution in [0, 0.1) is 6.92 Å². The molecule has 0 atom stereocenters. The number of nitrogens with zero attached hydrogens (tertiary/aromatic N) is 4. The molecule has 40 heavy (non-hydrogen) atoms. The molecule has 3 heterocycles. The zero-order chi connectivity index (χ0) is 27.7. The number of aromatic nitrogens is 2. The van der Waals surface area contributed by atoms with Gasteiger partial charge in [0.25, 0.3) is 0 Å². The van der Waals surface area contributed by atoms with Crippen molar-refractivity contribution in [2.24, 2.45) is 0 Å². The number of nitrogens with one attached hydrogen (secondary N) is 2. The summed E-state index contributed by atoms with van der Waals surface area (Å²) in [6.07, 6.45) is 1.20. The van der Waals surface area contributed by atoms with E-state index in [-0.39, 0.29) is 11.8 Å². The monoisotopic (exact) mass is 544 g/mol. The highest BCUT2D eigenvalue weighted by atomic mass is 16.5. The molecule has 2 saturated heterocycles. The van der Waals surface area contributed by atoms with E-state index in [0.29, 0.717) is 55.6 Å². The van der Waals surface area contributed by atoms with E-state index in [4.69, 9.17) is 19.4 Å². The number of para-hydroxylation sites is 1. The van der Waals surface area contributed by atoms with Crippen molar-refractivity contribution in [3.8, 4) is 11.4 Å². The van der Waals surface area contributed by atoms with Gasteiger partial charge < -0.3 is 25.0 Å². The van der Waals surface area contributed by atoms with Crippen LogP contribution >= 0.6 is 0 Å². The van der Waals surface area contributed by atoms with Gasteiger partial charge in [-0.05, 0) is 56.3 Å². The molecule has 2 aromatic carbocycles. The largest absolute Gasteiger partial charge is 0.379 e. The first-order chi connectivity index (χ1) is 19.6. The number of ether oxygens (including phenoxy) is 2. The molecule has 1 aromatic heterocycles. The number of carbonyl (C=O) groups is 2. The minimum atomic E-state index is -0.329. The highest BCUT2D eigenvalue weighted by Gasteiger charge is 2.23. The Bertz CT molecular complexity index is 1290. The Morgan fingerprint density at radius 1 is 0.825 bits per heavy atom. The average molecular weight is 545 g/mol. The van der Waals surface area contributed by atoms with Crippen molar-refractivity contribution in [1.29, 1.82) is 0 Å². The predicted octanol–water partition coefficient (Wildman–Crippen LogP) is 4.23. The standard InChI is InChI=1S/C30H36N6O4/c1-22-27(26(37)8-5-13-35-14-18-39-19-15-35)33-28(34-29(22)36-16-20-40-21-17-36)23-9-11-25(12-10-23)32-30(38)31-24-6-3-2-4-7-24/h2-4,6-7,9-12H,5,8,13-21H2,1H3,(H2,31,32,38). The summed E-state index contributed by atoms with van der Waals surface area (Å²) in [6.45, 7) is 8.77. The number of hydrogen-bond donors (Lipinski definition) is 2. The SMILES string of the molecule is Cc1c(C(=O)CCCN2CCOCC2)nc(-c2ccc(NC(=O)Nc3ccccc3)cc2)nc1N1CCOCC1. The quantitative estimate of drug-likeness (QED) is 0.386. The Kier molecular flexibility index (Phi) is 9.33. The van der Waals surface area contributed by atoms with Crippen LogP contribution in [-0.2, 0) is 9.47 Å². The van der Waals surface area contributed by atoms with Crippen molar-refractivity contribution in [1.82, 2.24) is 14.9 Å². The summed E-state index contributed by atoms with van der Waals surface area (Å²) in [5.41, 5.74) is 3.39. The summed E-state index contributed by atoms with van der Waals surface area (Å²) in [6, 6.07) is 16.3. The molecule has 3 aromatic rings. The molecule has 2 fully saturated rings. The second-order valence-electron chi connectivity index (χ2n) is 9.95. The summed E-state index contributed by atoms with van der Waals surface area (Å²) < 4.78 is 11.0. The summed E-state index contributed by atoms with van der Waals surface area (Å²) >= 11 is 0. The van der Waals surface area contributed by atoms with Crippen LogP contribution in [0.15, 0.2) is 54.6 Å². The smallest absolute Gasteiger partial charge is 0.323 e. The van der Waals surface area contributed by atoms with Gasteiger partial charge in [0.1, 0.15) is 11.5 Å². The molecule has 0 aliphatic carbocycles. The highest BCUT2D eigenvalue weighted by molar-refractivity contribution is 6.00. The molecule has 0 spiro atoms. The molecule has 210 valence electrons. The fraction of sp³-hybridized carbons (Fsp3) is 0.400. The summed E-state index contributed by atoms with van der Waals surface area (Å²) in [5, 5.41) is 5.65. The molecule has 5 rings (SSSR count). The fourth-order valence-electron chi connectivity index (χ4n) is 4.91. The molecule has 0 saturated carbocycles. The van der Waals surface area contributed by atoms with Gasteiger partial charge in [0, 0.05) is 55.1 Å². The molecule has 2 N–H and O–H groups in total. The first-order valence-corrected chi connectivity index (χ1v) is 13.8. The normalized spacial score (nSPS) is 16.0. The number of rotatable bonds is 9. The number of hydrogen-bond acceptors (Lipinski definition) is 8. The lowest BCUT2D eigenvalue weighted by Gasteiger charge is -2.29. The molecule has 2 aliphatic rings. The van der Waals surface area contributed by atoms with Crippen molar-refractivity contribution in [2.75, 3.05) is 74.7 Å². The molecule has 2 aliphatic heterocycles. The van der Waals surface area contributed by atoms with Crippen molar-refractivity contribution in [3.63, 3.8) is 0 Å². The summed E-state index contributed by atoms with van der Waals surface area (Å²) in [7, 11) is 0. The first-order valence-electron chi connectivity index (χ1n) is 13.8. The Morgan fingerprint density at radius 2 is 1.45 bits per heavy atom. The van der Waals surface area contributed by atoms with Gasteiger partial charge in [-0.2, -0.15) is 0 Å². The fourth-order valence-corrected chi connectivity index (χ4v) is 4.91. The van der Waals surface area contributed by atoms with E-state index in [2.05, 4.69) is 20.4 Å². The zero-order valence-corrected chi connectivity index (χ0v) is 22.9. The first kappa shape index (κ1) is 27.7. The van der Waals surface area contributed by atoms with Crippen LogP contribution in [0.4, 0.5) is 22.0 Å². The van der Waals surface area contributed by atoms with E-state index in [1.54, 1.807) is 12.1 Å². The third-order valence-electron chi connectivity index (χ3n) is 7.11. The maximum atomic E-state index is 13.4. The second kappa shape index (κ2) is 13.5. The van der Waals surface area contributed by atoms with Crippen LogP contribution in [0.1, 0.15) is 28.9 Å². The molecule has 0 radical (unpaired) electrons. The van der Waals surface area contributed by atoms with Crippen LogP contribution in [-0.4, -0.2) is 85.8 Å². The van der Waals surface area contributed by atoms with E-state index in [1.165, 1.54) is 0 Å². The third-order valence-corrected chi connectivity index (χ3v) is 7.11. The maximum Gasteiger partial charge on any atom is 0.323 e. The number of anilines is 3. The second-order valence-corrected chi connectivity index (χ2v) is 9.95. The molecule has 0 unspecified atom stereocenters. The van der Waals surface area contributed by atoms with Gasteiger partial charge >= 0.3 is 6.03 Å². The van der Waals surface area contributed by atoms with E-state index in [1.807, 2.05) is 49.4 Å². The van der Waals surface area contributed by atoms with Gasteiger partial charge in [-0.1, -0.05) is 18.2 Å².